The number of likely N-dealkylation sites (N-methyl/N-ethyl adjacent to an activating group) is 1. The number of carbonyl (C=O) groups excluding carboxylic acids is 1. The van der Waals surface area contributed by atoms with Gasteiger partial charge >= 0.3 is 6.09 Å². The largest absolute Gasteiger partial charge is 0.492 e. The van der Waals surface area contributed by atoms with Crippen molar-refractivity contribution in [2.75, 3.05) is 26.8 Å². The zero-order valence-corrected chi connectivity index (χ0v) is 13.7. The molecule has 1 amide bonds. The molecular weight excluding hydrogens is 313 g/mol. The summed E-state index contributed by atoms with van der Waals surface area (Å²) in [5.74, 6) is 1.54. The topological polar surface area (TPSA) is 48.0 Å². The van der Waals surface area contributed by atoms with E-state index in [1.54, 1.807) is 50.4 Å². The summed E-state index contributed by atoms with van der Waals surface area (Å²) in [4.78, 5) is 12.9. The molecule has 0 atom stereocenters. The van der Waals surface area contributed by atoms with E-state index in [0.717, 1.165) is 0 Å². The van der Waals surface area contributed by atoms with E-state index >= 15 is 0 Å². The van der Waals surface area contributed by atoms with Gasteiger partial charge in [0.25, 0.3) is 0 Å². The monoisotopic (exact) mass is 333 g/mol. The highest BCUT2D eigenvalue weighted by molar-refractivity contribution is 5.67. The van der Waals surface area contributed by atoms with E-state index in [1.165, 1.54) is 17.0 Å². The average molecular weight is 333 g/mol. The Morgan fingerprint density at radius 1 is 1.00 bits per heavy atom. The lowest BCUT2D eigenvalue weighted by atomic mass is 10.3. The van der Waals surface area contributed by atoms with Gasteiger partial charge in [-0.05, 0) is 55.5 Å². The fourth-order valence-corrected chi connectivity index (χ4v) is 1.87. The summed E-state index contributed by atoms with van der Waals surface area (Å²) in [6.45, 7) is 2.89. The van der Waals surface area contributed by atoms with Crippen LogP contribution >= 0.6 is 0 Å². The van der Waals surface area contributed by atoms with Crippen molar-refractivity contribution < 1.29 is 23.4 Å². The van der Waals surface area contributed by atoms with Gasteiger partial charge in [0.05, 0.1) is 13.2 Å². The second-order valence-electron chi connectivity index (χ2n) is 5.00. The van der Waals surface area contributed by atoms with Gasteiger partial charge in [-0.15, -0.1) is 0 Å². The Bertz CT molecular complexity index is 643. The van der Waals surface area contributed by atoms with E-state index in [0.29, 0.717) is 37.0 Å². The highest BCUT2D eigenvalue weighted by Crippen LogP contribution is 2.23. The highest BCUT2D eigenvalue weighted by Gasteiger charge is 2.08. The second-order valence-corrected chi connectivity index (χ2v) is 5.00. The number of halogens is 1. The summed E-state index contributed by atoms with van der Waals surface area (Å²) in [7, 11) is 1.65. The lowest BCUT2D eigenvalue weighted by molar-refractivity contribution is 0.110. The lowest BCUT2D eigenvalue weighted by Crippen LogP contribution is -2.31. The van der Waals surface area contributed by atoms with Crippen LogP contribution in [0.4, 0.5) is 9.18 Å². The van der Waals surface area contributed by atoms with Crippen LogP contribution in [0.25, 0.3) is 0 Å². The first-order chi connectivity index (χ1) is 11.6. The fraction of sp³-hybridized carbons (Fsp3) is 0.278. The van der Waals surface area contributed by atoms with Gasteiger partial charge in [-0.2, -0.15) is 0 Å². The van der Waals surface area contributed by atoms with Crippen LogP contribution in [0.2, 0.25) is 0 Å². The van der Waals surface area contributed by atoms with Gasteiger partial charge in [-0.1, -0.05) is 0 Å². The van der Waals surface area contributed by atoms with E-state index in [4.69, 9.17) is 14.2 Å². The fourth-order valence-electron chi connectivity index (χ4n) is 1.87. The van der Waals surface area contributed by atoms with Crippen LogP contribution in [0.3, 0.4) is 0 Å². The minimum Gasteiger partial charge on any atom is -0.492 e. The summed E-state index contributed by atoms with van der Waals surface area (Å²) in [6.07, 6.45) is -0.371. The molecule has 2 aromatic carbocycles. The van der Waals surface area contributed by atoms with Gasteiger partial charge in [0, 0.05) is 7.05 Å². The van der Waals surface area contributed by atoms with Crippen molar-refractivity contribution in [3.8, 4) is 17.2 Å². The van der Waals surface area contributed by atoms with E-state index in [1.807, 2.05) is 0 Å². The summed E-state index contributed by atoms with van der Waals surface area (Å²) in [5.41, 5.74) is 0. The van der Waals surface area contributed by atoms with Crippen molar-refractivity contribution in [1.82, 2.24) is 4.90 Å². The number of ether oxygens (including phenoxy) is 3. The van der Waals surface area contributed by atoms with Crippen molar-refractivity contribution in [2.45, 2.75) is 6.92 Å². The molecule has 128 valence electrons. The van der Waals surface area contributed by atoms with Gasteiger partial charge in [-0.25, -0.2) is 9.18 Å². The number of amides is 1. The van der Waals surface area contributed by atoms with Crippen molar-refractivity contribution in [3.63, 3.8) is 0 Å². The zero-order valence-electron chi connectivity index (χ0n) is 13.7. The highest BCUT2D eigenvalue weighted by atomic mass is 19.1. The first-order valence-corrected chi connectivity index (χ1v) is 7.62. The van der Waals surface area contributed by atoms with Crippen LogP contribution in [-0.2, 0) is 4.74 Å². The molecule has 0 aliphatic heterocycles. The van der Waals surface area contributed by atoms with Crippen molar-refractivity contribution in [1.29, 1.82) is 0 Å². The van der Waals surface area contributed by atoms with Crippen LogP contribution in [0, 0.1) is 5.82 Å². The molecule has 0 aromatic heterocycles. The molecule has 0 fully saturated rings. The molecule has 0 saturated carbocycles. The van der Waals surface area contributed by atoms with Crippen LogP contribution in [0.15, 0.2) is 48.5 Å². The summed E-state index contributed by atoms with van der Waals surface area (Å²) < 4.78 is 28.9. The van der Waals surface area contributed by atoms with Crippen molar-refractivity contribution in [3.05, 3.63) is 54.3 Å². The predicted octanol–water partition coefficient (Wildman–Crippen LogP) is 4.09. The number of hydrogen-bond donors (Lipinski definition) is 0. The molecular formula is C18H20FNO4. The molecule has 2 rings (SSSR count). The van der Waals surface area contributed by atoms with E-state index < -0.39 is 0 Å². The SMILES string of the molecule is CCOC(=O)N(C)CCOc1ccc(Oc2ccc(F)cc2)cc1. The third kappa shape index (κ3) is 5.46. The Morgan fingerprint density at radius 2 is 1.54 bits per heavy atom. The predicted molar refractivity (Wildman–Crippen MR) is 88.1 cm³/mol. The second kappa shape index (κ2) is 8.76. The van der Waals surface area contributed by atoms with Gasteiger partial charge in [0.15, 0.2) is 0 Å². The smallest absolute Gasteiger partial charge is 0.409 e. The van der Waals surface area contributed by atoms with Gasteiger partial charge in [-0.3, -0.25) is 0 Å². The summed E-state index contributed by atoms with van der Waals surface area (Å²) in [5, 5.41) is 0. The quantitative estimate of drug-likeness (QED) is 0.766. The lowest BCUT2D eigenvalue weighted by Gasteiger charge is -2.16. The Balaban J connectivity index is 1.79. The van der Waals surface area contributed by atoms with Crippen LogP contribution in [-0.4, -0.2) is 37.8 Å². The standard InChI is InChI=1S/C18H20FNO4/c1-3-22-18(21)20(2)12-13-23-15-8-10-17(11-9-15)24-16-6-4-14(19)5-7-16/h4-11H,3,12-13H2,1-2H3. The van der Waals surface area contributed by atoms with Gasteiger partial charge in [0.1, 0.15) is 29.7 Å². The third-order valence-electron chi connectivity index (χ3n) is 3.15. The number of rotatable bonds is 7. The normalized spacial score (nSPS) is 10.1. The van der Waals surface area contributed by atoms with Crippen molar-refractivity contribution >= 4 is 6.09 Å². The molecule has 0 saturated heterocycles. The van der Waals surface area contributed by atoms with E-state index in [-0.39, 0.29) is 11.9 Å². The van der Waals surface area contributed by atoms with Crippen LogP contribution in [0.1, 0.15) is 6.92 Å². The van der Waals surface area contributed by atoms with Gasteiger partial charge < -0.3 is 19.1 Å². The molecule has 0 unspecified atom stereocenters. The van der Waals surface area contributed by atoms with Crippen molar-refractivity contribution in [2.24, 2.45) is 0 Å². The minimum absolute atomic E-state index is 0.307. The molecule has 0 bridgehead atoms. The minimum atomic E-state index is -0.371. The maximum Gasteiger partial charge on any atom is 0.409 e. The molecule has 0 spiro atoms. The molecule has 0 radical (unpaired) electrons. The first kappa shape index (κ1) is 17.6. The number of nitrogens with zero attached hydrogens (tertiary/aromatic N) is 1. The van der Waals surface area contributed by atoms with E-state index in [9.17, 15) is 9.18 Å². The molecule has 0 aliphatic rings. The summed E-state index contributed by atoms with van der Waals surface area (Å²) in [6, 6.07) is 12.9. The van der Waals surface area contributed by atoms with E-state index in [2.05, 4.69) is 0 Å². The molecule has 6 heteroatoms. The number of carbonyl (C=O) groups is 1. The summed E-state index contributed by atoms with van der Waals surface area (Å²) >= 11 is 0. The maximum atomic E-state index is 12.8. The third-order valence-corrected chi connectivity index (χ3v) is 3.15. The Hall–Kier alpha value is -2.76. The number of benzene rings is 2. The Kier molecular flexibility index (Phi) is 6.42. The Labute approximate surface area is 140 Å². The molecule has 0 aliphatic carbocycles. The average Bonchev–Trinajstić information content (AvgIpc) is 2.58. The molecule has 0 heterocycles. The first-order valence-electron chi connectivity index (χ1n) is 7.62. The zero-order chi connectivity index (χ0) is 17.4. The Morgan fingerprint density at radius 3 is 2.12 bits per heavy atom. The maximum absolute atomic E-state index is 12.8. The number of hydrogen-bond acceptors (Lipinski definition) is 4. The molecule has 24 heavy (non-hydrogen) atoms. The molecule has 0 N–H and O–H groups in total. The van der Waals surface area contributed by atoms with Crippen LogP contribution in [0.5, 0.6) is 17.2 Å². The molecule has 2 aromatic rings. The molecule has 5 nitrogen and oxygen atoms in total. The van der Waals surface area contributed by atoms with Gasteiger partial charge in [0.2, 0.25) is 0 Å². The van der Waals surface area contributed by atoms with Crippen LogP contribution < -0.4 is 9.47 Å².